The van der Waals surface area contributed by atoms with Crippen molar-refractivity contribution in [1.29, 1.82) is 0 Å². The summed E-state index contributed by atoms with van der Waals surface area (Å²) in [5, 5.41) is 0. The predicted molar refractivity (Wildman–Crippen MR) is 95.3 cm³/mol. The number of hydrogen-bond acceptors (Lipinski definition) is 4. The Bertz CT molecular complexity index is 760. The van der Waals surface area contributed by atoms with Crippen LogP contribution in [0.15, 0.2) is 30.3 Å². The van der Waals surface area contributed by atoms with Gasteiger partial charge in [0.15, 0.2) is 11.5 Å². The van der Waals surface area contributed by atoms with Gasteiger partial charge in [-0.1, -0.05) is 12.1 Å². The van der Waals surface area contributed by atoms with E-state index in [4.69, 9.17) is 18.9 Å². The summed E-state index contributed by atoms with van der Waals surface area (Å²) < 4.78 is 21.8. The molecule has 0 N–H and O–H groups in total. The van der Waals surface area contributed by atoms with Crippen LogP contribution in [0, 0.1) is 0 Å². The van der Waals surface area contributed by atoms with E-state index in [0.717, 1.165) is 29.9 Å². The molecule has 0 amide bonds. The van der Waals surface area contributed by atoms with Gasteiger partial charge in [-0.25, -0.2) is 0 Å². The summed E-state index contributed by atoms with van der Waals surface area (Å²) in [5.41, 5.74) is 4.74. The van der Waals surface area contributed by atoms with Crippen molar-refractivity contribution < 1.29 is 18.9 Å². The van der Waals surface area contributed by atoms with Crippen molar-refractivity contribution in [2.45, 2.75) is 12.8 Å². The van der Waals surface area contributed by atoms with Crippen LogP contribution >= 0.6 is 0 Å². The van der Waals surface area contributed by atoms with E-state index in [2.05, 4.69) is 18.2 Å². The highest BCUT2D eigenvalue weighted by molar-refractivity contribution is 5.88. The second-order valence-corrected chi connectivity index (χ2v) is 5.62. The lowest BCUT2D eigenvalue weighted by Crippen LogP contribution is -2.05. The molecular formula is C20H22O4. The van der Waals surface area contributed by atoms with Gasteiger partial charge >= 0.3 is 0 Å². The number of aryl methyl sites for hydroxylation is 1. The number of fused-ring (bicyclic) bond motifs is 1. The lowest BCUT2D eigenvalue weighted by molar-refractivity contribution is 0.323. The Kier molecular flexibility index (Phi) is 4.65. The average Bonchev–Trinajstić information content (AvgIpc) is 2.65. The maximum absolute atomic E-state index is 5.63. The minimum absolute atomic E-state index is 0.631. The van der Waals surface area contributed by atoms with E-state index >= 15 is 0 Å². The molecule has 0 fully saturated rings. The standard InChI is InChI=1S/C20H22O4/c1-21-16-9-7-13(8-10-16)14-5-6-15-12-18(22-2)20(24-4)19(23-3)17(15)11-14/h7-12H,5-6H2,1-4H3. The van der Waals surface area contributed by atoms with Crippen molar-refractivity contribution in [3.63, 3.8) is 0 Å². The van der Waals surface area contributed by atoms with Gasteiger partial charge < -0.3 is 18.9 Å². The molecule has 126 valence electrons. The highest BCUT2D eigenvalue weighted by atomic mass is 16.5. The largest absolute Gasteiger partial charge is 0.497 e. The summed E-state index contributed by atoms with van der Waals surface area (Å²) >= 11 is 0. The van der Waals surface area contributed by atoms with Crippen LogP contribution in [0.1, 0.15) is 23.1 Å². The molecule has 4 nitrogen and oxygen atoms in total. The van der Waals surface area contributed by atoms with Crippen LogP contribution in [0.25, 0.3) is 11.6 Å². The zero-order valence-electron chi connectivity index (χ0n) is 14.5. The quantitative estimate of drug-likeness (QED) is 0.825. The van der Waals surface area contributed by atoms with Crippen LogP contribution < -0.4 is 18.9 Å². The third-order valence-electron chi connectivity index (χ3n) is 4.40. The topological polar surface area (TPSA) is 36.9 Å². The predicted octanol–water partition coefficient (Wildman–Crippen LogP) is 4.21. The van der Waals surface area contributed by atoms with E-state index in [1.807, 2.05) is 18.2 Å². The molecule has 0 saturated carbocycles. The van der Waals surface area contributed by atoms with Crippen LogP contribution in [-0.2, 0) is 6.42 Å². The molecule has 0 aromatic heterocycles. The van der Waals surface area contributed by atoms with Crippen molar-refractivity contribution in [1.82, 2.24) is 0 Å². The van der Waals surface area contributed by atoms with Gasteiger partial charge in [-0.2, -0.15) is 0 Å². The van der Waals surface area contributed by atoms with Gasteiger partial charge in [-0.3, -0.25) is 0 Å². The second kappa shape index (κ2) is 6.87. The van der Waals surface area contributed by atoms with Gasteiger partial charge in [-0.15, -0.1) is 0 Å². The number of hydrogen-bond donors (Lipinski definition) is 0. The smallest absolute Gasteiger partial charge is 0.203 e. The van der Waals surface area contributed by atoms with Crippen molar-refractivity contribution in [2.24, 2.45) is 0 Å². The van der Waals surface area contributed by atoms with Crippen LogP contribution in [0.3, 0.4) is 0 Å². The van der Waals surface area contributed by atoms with Gasteiger partial charge in [0, 0.05) is 5.56 Å². The first kappa shape index (κ1) is 16.2. The SMILES string of the molecule is COc1ccc(C2=Cc3c(cc(OC)c(OC)c3OC)CC2)cc1. The van der Waals surface area contributed by atoms with Gasteiger partial charge in [0.1, 0.15) is 5.75 Å². The number of ether oxygens (including phenoxy) is 4. The number of allylic oxidation sites excluding steroid dienone is 1. The molecule has 3 rings (SSSR count). The molecule has 24 heavy (non-hydrogen) atoms. The summed E-state index contributed by atoms with van der Waals surface area (Å²) in [6.07, 6.45) is 4.09. The third kappa shape index (κ3) is 2.80. The molecule has 0 radical (unpaired) electrons. The third-order valence-corrected chi connectivity index (χ3v) is 4.40. The maximum atomic E-state index is 5.63. The average molecular weight is 326 g/mol. The van der Waals surface area contributed by atoms with Gasteiger partial charge in [0.2, 0.25) is 5.75 Å². The summed E-state index contributed by atoms with van der Waals surface area (Å²) in [5.74, 6) is 2.91. The molecule has 0 aliphatic heterocycles. The van der Waals surface area contributed by atoms with E-state index < -0.39 is 0 Å². The molecule has 0 heterocycles. The zero-order chi connectivity index (χ0) is 17.1. The highest BCUT2D eigenvalue weighted by Gasteiger charge is 2.22. The maximum Gasteiger partial charge on any atom is 0.203 e. The number of benzene rings is 2. The molecule has 0 spiro atoms. The lowest BCUT2D eigenvalue weighted by atomic mass is 9.87. The van der Waals surface area contributed by atoms with Gasteiger partial charge in [-0.05, 0) is 53.8 Å². The molecule has 4 heteroatoms. The fourth-order valence-corrected chi connectivity index (χ4v) is 3.14. The molecular weight excluding hydrogens is 304 g/mol. The van der Waals surface area contributed by atoms with Crippen molar-refractivity contribution in [2.75, 3.05) is 28.4 Å². The van der Waals surface area contributed by atoms with Crippen LogP contribution in [0.5, 0.6) is 23.0 Å². The Hall–Kier alpha value is -2.62. The summed E-state index contributed by atoms with van der Waals surface area (Å²) in [4.78, 5) is 0. The Morgan fingerprint density at radius 3 is 2.04 bits per heavy atom. The van der Waals surface area contributed by atoms with Gasteiger partial charge in [0.05, 0.1) is 28.4 Å². The van der Waals surface area contributed by atoms with Gasteiger partial charge in [0.25, 0.3) is 0 Å². The van der Waals surface area contributed by atoms with Crippen molar-refractivity contribution in [3.05, 3.63) is 47.0 Å². The Balaban J connectivity index is 2.09. The van der Waals surface area contributed by atoms with E-state index in [0.29, 0.717) is 11.5 Å². The van der Waals surface area contributed by atoms with E-state index in [1.54, 1.807) is 28.4 Å². The van der Waals surface area contributed by atoms with Crippen LogP contribution in [0.4, 0.5) is 0 Å². The molecule has 1 aliphatic carbocycles. The summed E-state index contributed by atoms with van der Waals surface area (Å²) in [7, 11) is 6.61. The molecule has 0 saturated heterocycles. The first-order valence-corrected chi connectivity index (χ1v) is 7.88. The fourth-order valence-electron chi connectivity index (χ4n) is 3.14. The lowest BCUT2D eigenvalue weighted by Gasteiger charge is -2.22. The summed E-state index contributed by atoms with van der Waals surface area (Å²) in [6, 6.07) is 10.2. The van der Waals surface area contributed by atoms with Crippen LogP contribution in [-0.4, -0.2) is 28.4 Å². The number of rotatable bonds is 5. The molecule has 1 aliphatic rings. The number of methoxy groups -OCH3 is 4. The minimum atomic E-state index is 0.631. The molecule has 2 aromatic carbocycles. The summed E-state index contributed by atoms with van der Waals surface area (Å²) in [6.45, 7) is 0. The highest BCUT2D eigenvalue weighted by Crippen LogP contribution is 2.46. The van der Waals surface area contributed by atoms with E-state index in [1.165, 1.54) is 16.7 Å². The van der Waals surface area contributed by atoms with Crippen molar-refractivity contribution in [3.8, 4) is 23.0 Å². The molecule has 0 unspecified atom stereocenters. The van der Waals surface area contributed by atoms with Crippen molar-refractivity contribution >= 4 is 11.6 Å². The monoisotopic (exact) mass is 326 g/mol. The van der Waals surface area contributed by atoms with E-state index in [-0.39, 0.29) is 0 Å². The second-order valence-electron chi connectivity index (χ2n) is 5.62. The minimum Gasteiger partial charge on any atom is -0.497 e. The van der Waals surface area contributed by atoms with E-state index in [9.17, 15) is 0 Å². The Morgan fingerprint density at radius 2 is 1.46 bits per heavy atom. The Labute approximate surface area is 142 Å². The fraction of sp³-hybridized carbons (Fsp3) is 0.300. The first-order valence-electron chi connectivity index (χ1n) is 7.88. The normalized spacial score (nSPS) is 12.9. The first-order chi connectivity index (χ1) is 11.7. The zero-order valence-corrected chi connectivity index (χ0v) is 14.5. The Morgan fingerprint density at radius 1 is 0.750 bits per heavy atom. The van der Waals surface area contributed by atoms with Crippen LogP contribution in [0.2, 0.25) is 0 Å². The molecule has 0 bridgehead atoms. The molecule has 2 aromatic rings. The molecule has 0 atom stereocenters.